The molecule has 0 spiro atoms. The number of nitrogens with two attached hydrogens (primary N) is 1. The van der Waals surface area contributed by atoms with E-state index in [0.717, 1.165) is 39.3 Å². The second-order valence-corrected chi connectivity index (χ2v) is 8.17. The maximum Gasteiger partial charge on any atom is 0.141 e. The Balaban J connectivity index is 1.50. The van der Waals surface area contributed by atoms with Crippen LogP contribution < -0.4 is 25.4 Å². The molecule has 36 heavy (non-hydrogen) atoms. The summed E-state index contributed by atoms with van der Waals surface area (Å²) in [6.45, 7) is 9.42. The van der Waals surface area contributed by atoms with E-state index in [1.165, 1.54) is 0 Å². The third-order valence-corrected chi connectivity index (χ3v) is 5.63. The van der Waals surface area contributed by atoms with Crippen LogP contribution in [0.1, 0.15) is 12.5 Å². The molecule has 8 nitrogen and oxygen atoms in total. The molecular weight excluding hydrogens is 454 g/mol. The molecule has 3 N–H and O–H groups in total. The highest BCUT2D eigenvalue weighted by Crippen LogP contribution is 2.33. The zero-order valence-corrected chi connectivity index (χ0v) is 20.8. The first-order chi connectivity index (χ1) is 17.5. The smallest absolute Gasteiger partial charge is 0.141 e. The van der Waals surface area contributed by atoms with Gasteiger partial charge in [-0.25, -0.2) is 9.97 Å². The monoisotopic (exact) mass is 485 g/mol. The highest BCUT2D eigenvalue weighted by atomic mass is 16.5. The summed E-state index contributed by atoms with van der Waals surface area (Å²) in [6, 6.07) is 17.2. The predicted octanol–water partition coefficient (Wildman–Crippen LogP) is 6.05. The number of benzene rings is 3. The van der Waals surface area contributed by atoms with Gasteiger partial charge in [0.25, 0.3) is 0 Å². The quantitative estimate of drug-likeness (QED) is 0.196. The van der Waals surface area contributed by atoms with Crippen LogP contribution in [0, 0.1) is 6.92 Å². The van der Waals surface area contributed by atoms with Gasteiger partial charge in [0.1, 0.15) is 36.0 Å². The first kappa shape index (κ1) is 24.8. The molecule has 4 rings (SSSR count). The summed E-state index contributed by atoms with van der Waals surface area (Å²) in [7, 11) is 1.90. The molecule has 0 aliphatic carbocycles. The molecule has 3 aromatic carbocycles. The molecule has 0 aliphatic rings. The zero-order chi connectivity index (χ0) is 25.5. The lowest BCUT2D eigenvalue weighted by molar-refractivity contribution is 0.110. The van der Waals surface area contributed by atoms with Crippen molar-refractivity contribution in [3.05, 3.63) is 79.3 Å². The molecular formula is C28H31N5O3. The van der Waals surface area contributed by atoms with Crippen molar-refractivity contribution in [1.82, 2.24) is 9.97 Å². The molecule has 0 aliphatic heterocycles. The summed E-state index contributed by atoms with van der Waals surface area (Å²) in [5, 5.41) is 4.26. The van der Waals surface area contributed by atoms with Crippen molar-refractivity contribution in [3.63, 3.8) is 0 Å². The van der Waals surface area contributed by atoms with Crippen molar-refractivity contribution in [2.45, 2.75) is 13.8 Å². The molecule has 0 saturated carbocycles. The van der Waals surface area contributed by atoms with E-state index in [2.05, 4.69) is 21.9 Å². The van der Waals surface area contributed by atoms with Crippen LogP contribution in [0.4, 0.5) is 22.9 Å². The minimum atomic E-state index is 0.482. The van der Waals surface area contributed by atoms with Gasteiger partial charge in [0.05, 0.1) is 23.5 Å². The summed E-state index contributed by atoms with van der Waals surface area (Å²) in [4.78, 5) is 10.7. The minimum absolute atomic E-state index is 0.482. The number of hydrogen-bond donors (Lipinski definition) is 2. The van der Waals surface area contributed by atoms with E-state index in [4.69, 9.17) is 19.9 Å². The van der Waals surface area contributed by atoms with Gasteiger partial charge in [-0.3, -0.25) is 0 Å². The average Bonchev–Trinajstić information content (AvgIpc) is 2.88. The Labute approximate surface area is 211 Å². The molecule has 4 aromatic rings. The molecule has 0 radical (unpaired) electrons. The molecule has 0 atom stereocenters. The molecule has 8 heteroatoms. The number of nitrogen functional groups attached to an aromatic ring is 1. The summed E-state index contributed by atoms with van der Waals surface area (Å²) in [5.41, 5.74) is 10.3. The molecule has 1 aromatic heterocycles. The topological polar surface area (TPSA) is 94.8 Å². The maximum absolute atomic E-state index is 6.19. The first-order valence-corrected chi connectivity index (χ1v) is 11.7. The van der Waals surface area contributed by atoms with Crippen LogP contribution in [0.3, 0.4) is 0 Å². The van der Waals surface area contributed by atoms with Crippen LogP contribution in [-0.2, 0) is 4.74 Å². The molecule has 0 saturated heterocycles. The van der Waals surface area contributed by atoms with Crippen LogP contribution in [0.5, 0.6) is 17.2 Å². The predicted molar refractivity (Wildman–Crippen MR) is 146 cm³/mol. The Bertz CT molecular complexity index is 1360. The number of anilines is 4. The van der Waals surface area contributed by atoms with Gasteiger partial charge >= 0.3 is 0 Å². The van der Waals surface area contributed by atoms with Gasteiger partial charge in [-0.15, -0.1) is 0 Å². The summed E-state index contributed by atoms with van der Waals surface area (Å²) >= 11 is 0. The standard InChI is InChI=1S/C28H31N5O3/c1-5-33(4)26-11-9-22(17-24(26)29)36-27-12-7-20(15-19(27)3)32-28-23-16-21(35-14-13-34-6-2)8-10-25(23)30-18-31-28/h5,7-12,15-18H,1,6,13-14,29H2,2-4H3,(H,30,31,32). The highest BCUT2D eigenvalue weighted by Gasteiger charge is 2.10. The van der Waals surface area contributed by atoms with E-state index >= 15 is 0 Å². The minimum Gasteiger partial charge on any atom is -0.491 e. The van der Waals surface area contributed by atoms with E-state index in [1.807, 2.05) is 80.4 Å². The fourth-order valence-electron chi connectivity index (χ4n) is 3.71. The van der Waals surface area contributed by atoms with Crippen molar-refractivity contribution in [3.8, 4) is 17.2 Å². The lowest BCUT2D eigenvalue weighted by Crippen LogP contribution is -2.09. The van der Waals surface area contributed by atoms with Crippen LogP contribution >= 0.6 is 0 Å². The molecule has 0 bridgehead atoms. The Hall–Kier alpha value is -4.30. The largest absolute Gasteiger partial charge is 0.491 e. The number of nitrogens with zero attached hydrogens (tertiary/aromatic N) is 3. The van der Waals surface area contributed by atoms with Crippen molar-refractivity contribution >= 4 is 33.8 Å². The second-order valence-electron chi connectivity index (χ2n) is 8.17. The summed E-state index contributed by atoms with van der Waals surface area (Å²) in [6.07, 6.45) is 3.25. The Morgan fingerprint density at radius 2 is 1.86 bits per heavy atom. The van der Waals surface area contributed by atoms with Crippen LogP contribution in [-0.4, -0.2) is 36.8 Å². The van der Waals surface area contributed by atoms with Gasteiger partial charge in [0, 0.05) is 30.8 Å². The Morgan fingerprint density at radius 1 is 1.03 bits per heavy atom. The molecule has 1 heterocycles. The van der Waals surface area contributed by atoms with Crippen molar-refractivity contribution in [2.24, 2.45) is 0 Å². The van der Waals surface area contributed by atoms with Gasteiger partial charge in [0.15, 0.2) is 0 Å². The normalized spacial score (nSPS) is 10.8. The number of rotatable bonds is 11. The number of ether oxygens (including phenoxy) is 3. The fraction of sp³-hybridized carbons (Fsp3) is 0.214. The molecule has 0 amide bonds. The third kappa shape index (κ3) is 5.84. The number of hydrogen-bond acceptors (Lipinski definition) is 8. The van der Waals surface area contributed by atoms with Crippen LogP contribution in [0.15, 0.2) is 73.7 Å². The van der Waals surface area contributed by atoms with Gasteiger partial charge in [-0.2, -0.15) is 0 Å². The van der Waals surface area contributed by atoms with E-state index in [9.17, 15) is 0 Å². The Kier molecular flexibility index (Phi) is 7.87. The first-order valence-electron chi connectivity index (χ1n) is 11.7. The van der Waals surface area contributed by atoms with Gasteiger partial charge < -0.3 is 30.2 Å². The maximum atomic E-state index is 6.19. The van der Waals surface area contributed by atoms with Gasteiger partial charge in [0.2, 0.25) is 0 Å². The fourth-order valence-corrected chi connectivity index (χ4v) is 3.71. The second kappa shape index (κ2) is 11.4. The lowest BCUT2D eigenvalue weighted by atomic mass is 10.1. The van der Waals surface area contributed by atoms with Crippen molar-refractivity contribution in [1.29, 1.82) is 0 Å². The Morgan fingerprint density at radius 3 is 2.61 bits per heavy atom. The van der Waals surface area contributed by atoms with Gasteiger partial charge in [-0.1, -0.05) is 6.58 Å². The molecule has 0 unspecified atom stereocenters. The number of aryl methyl sites for hydroxylation is 1. The third-order valence-electron chi connectivity index (χ3n) is 5.63. The van der Waals surface area contributed by atoms with Crippen molar-refractivity contribution in [2.75, 3.05) is 42.8 Å². The number of fused-ring (bicyclic) bond motifs is 1. The molecule has 186 valence electrons. The van der Waals surface area contributed by atoms with Crippen molar-refractivity contribution < 1.29 is 14.2 Å². The van der Waals surface area contributed by atoms with E-state index in [1.54, 1.807) is 12.5 Å². The van der Waals surface area contributed by atoms with E-state index in [-0.39, 0.29) is 0 Å². The number of nitrogens with one attached hydrogen (secondary N) is 1. The average molecular weight is 486 g/mol. The highest BCUT2D eigenvalue weighted by molar-refractivity contribution is 5.91. The zero-order valence-electron chi connectivity index (χ0n) is 20.8. The molecule has 0 fully saturated rings. The lowest BCUT2D eigenvalue weighted by Gasteiger charge is -2.17. The SMILES string of the molecule is C=CN(C)c1ccc(Oc2ccc(Nc3ncnc4ccc(OCCOCC)cc34)cc2C)cc1N. The summed E-state index contributed by atoms with van der Waals surface area (Å²) < 4.78 is 17.3. The van der Waals surface area contributed by atoms with Gasteiger partial charge in [-0.05, 0) is 74.1 Å². The van der Waals surface area contributed by atoms with E-state index < -0.39 is 0 Å². The van der Waals surface area contributed by atoms with Crippen LogP contribution in [0.25, 0.3) is 10.9 Å². The number of aromatic nitrogens is 2. The van der Waals surface area contributed by atoms with Crippen LogP contribution in [0.2, 0.25) is 0 Å². The summed E-state index contributed by atoms with van der Waals surface area (Å²) in [5.74, 6) is 2.83. The van der Waals surface area contributed by atoms with E-state index in [0.29, 0.717) is 37.1 Å².